The van der Waals surface area contributed by atoms with Crippen molar-refractivity contribution in [3.8, 4) is 0 Å². The number of alkyl halides is 3. The van der Waals surface area contributed by atoms with Crippen LogP contribution in [0.15, 0.2) is 21.9 Å². The maximum absolute atomic E-state index is 13.4. The Morgan fingerprint density at radius 2 is 1.92 bits per heavy atom. The number of nitrogens with zero attached hydrogens (tertiary/aromatic N) is 3. The highest BCUT2D eigenvalue weighted by Crippen LogP contribution is 2.33. The fraction of sp³-hybridized carbons (Fsp3) is 0.625. The monoisotopic (exact) mass is 530 g/mol. The van der Waals surface area contributed by atoms with E-state index in [2.05, 4.69) is 5.43 Å². The summed E-state index contributed by atoms with van der Waals surface area (Å²) in [5, 5.41) is 1.60. The van der Waals surface area contributed by atoms with Gasteiger partial charge >= 0.3 is 11.9 Å². The number of nitrogens with one attached hydrogen (secondary N) is 1. The summed E-state index contributed by atoms with van der Waals surface area (Å²) in [6.45, 7) is 8.99. The molecule has 1 aliphatic carbocycles. The fourth-order valence-corrected chi connectivity index (χ4v) is 5.28. The second kappa shape index (κ2) is 10.8. The lowest BCUT2D eigenvalue weighted by Crippen LogP contribution is -2.51. The molecule has 200 valence electrons. The summed E-state index contributed by atoms with van der Waals surface area (Å²) in [6.07, 6.45) is -0.937. The quantitative estimate of drug-likeness (QED) is 0.295. The van der Waals surface area contributed by atoms with Gasteiger partial charge in [0.15, 0.2) is 0 Å². The number of aryl methyl sites for hydroxylation is 2. The summed E-state index contributed by atoms with van der Waals surface area (Å²) in [5.41, 5.74) is 1.99. The van der Waals surface area contributed by atoms with E-state index in [0.717, 1.165) is 26.9 Å². The van der Waals surface area contributed by atoms with Crippen molar-refractivity contribution in [2.24, 2.45) is 0 Å². The number of thiophene rings is 1. The molecule has 2 heterocycles. The van der Waals surface area contributed by atoms with Gasteiger partial charge in [-0.25, -0.2) is 10.2 Å². The molecule has 1 amide bonds. The second-order valence-corrected chi connectivity index (χ2v) is 11.0. The lowest BCUT2D eigenvalue weighted by Gasteiger charge is -2.30. The van der Waals surface area contributed by atoms with Gasteiger partial charge in [0.1, 0.15) is 4.83 Å². The normalized spacial score (nSPS) is 15.0. The molecule has 2 aromatic rings. The Balaban J connectivity index is 2.12. The van der Waals surface area contributed by atoms with Crippen molar-refractivity contribution in [3.05, 3.63) is 43.6 Å². The second-order valence-electron chi connectivity index (χ2n) is 9.93. The van der Waals surface area contributed by atoms with E-state index in [-0.39, 0.29) is 22.8 Å². The Kier molecular flexibility index (Phi) is 8.39. The Morgan fingerprint density at radius 3 is 2.44 bits per heavy atom. The van der Waals surface area contributed by atoms with E-state index in [0.29, 0.717) is 29.9 Å². The van der Waals surface area contributed by atoms with E-state index in [9.17, 15) is 27.6 Å². The van der Waals surface area contributed by atoms with E-state index < -0.39 is 41.8 Å². The van der Waals surface area contributed by atoms with Gasteiger partial charge in [-0.1, -0.05) is 0 Å². The van der Waals surface area contributed by atoms with Crippen molar-refractivity contribution < 1.29 is 22.7 Å². The molecule has 0 saturated heterocycles. The molecule has 12 heteroatoms. The molecule has 0 aliphatic heterocycles. The number of amides is 1. The Bertz CT molecular complexity index is 1250. The molecule has 1 fully saturated rings. The summed E-state index contributed by atoms with van der Waals surface area (Å²) in [4.78, 5) is 40.3. The number of hydrazine groups is 1. The van der Waals surface area contributed by atoms with Crippen LogP contribution in [0.5, 0.6) is 0 Å². The van der Waals surface area contributed by atoms with E-state index in [1.165, 1.54) is 17.3 Å². The van der Waals surface area contributed by atoms with Crippen molar-refractivity contribution in [1.82, 2.24) is 19.6 Å². The van der Waals surface area contributed by atoms with Gasteiger partial charge in [-0.15, -0.1) is 11.3 Å². The topological polar surface area (TPSA) is 85.6 Å². The summed E-state index contributed by atoms with van der Waals surface area (Å²) >= 11 is 1.07. The highest BCUT2D eigenvalue weighted by atomic mass is 32.1. The number of carbonyl (C=O) groups excluding carboxylic acids is 1. The first-order valence-corrected chi connectivity index (χ1v) is 12.8. The molecule has 0 aromatic carbocycles. The number of halogens is 3. The first kappa shape index (κ1) is 28.0. The molecule has 36 heavy (non-hydrogen) atoms. The van der Waals surface area contributed by atoms with Crippen LogP contribution in [0.2, 0.25) is 0 Å². The number of carbonyl (C=O) groups is 1. The van der Waals surface area contributed by atoms with Gasteiger partial charge in [0.05, 0.1) is 31.2 Å². The predicted octanol–water partition coefficient (Wildman–Crippen LogP) is 4.39. The molecule has 1 aliphatic rings. The van der Waals surface area contributed by atoms with Crippen molar-refractivity contribution in [1.29, 1.82) is 0 Å². The molecule has 1 N–H and O–H groups in total. The maximum atomic E-state index is 13.4. The zero-order chi connectivity index (χ0) is 26.8. The zero-order valence-corrected chi connectivity index (χ0v) is 22.0. The molecule has 1 saturated carbocycles. The molecule has 0 bridgehead atoms. The molecule has 8 nitrogen and oxygen atoms in total. The van der Waals surface area contributed by atoms with Crippen molar-refractivity contribution in [3.63, 3.8) is 0 Å². The minimum atomic E-state index is -4.45. The molecule has 0 unspecified atom stereocenters. The lowest BCUT2D eigenvalue weighted by molar-refractivity contribution is -0.136. The first-order chi connectivity index (χ1) is 16.7. The third kappa shape index (κ3) is 6.39. The van der Waals surface area contributed by atoms with E-state index >= 15 is 0 Å². The molecule has 2 aromatic heterocycles. The van der Waals surface area contributed by atoms with Gasteiger partial charge in [0.25, 0.3) is 11.5 Å². The van der Waals surface area contributed by atoms with Crippen LogP contribution in [-0.4, -0.2) is 38.4 Å². The van der Waals surface area contributed by atoms with Gasteiger partial charge < -0.3 is 4.74 Å². The molecular formula is C24H33F3N4O4S. The SMILES string of the molecule is CCOC=CC(=O)N(Cc1sc2c(c1C)c(=O)n(C1CCC1)c(=O)n2CCC(F)(F)F)NC(C)(C)C. The third-order valence-corrected chi connectivity index (χ3v) is 7.21. The summed E-state index contributed by atoms with van der Waals surface area (Å²) in [5.74, 6) is -0.392. The van der Waals surface area contributed by atoms with Crippen LogP contribution < -0.4 is 16.7 Å². The first-order valence-electron chi connectivity index (χ1n) is 11.9. The van der Waals surface area contributed by atoms with Gasteiger partial charge in [0, 0.05) is 29.1 Å². The van der Waals surface area contributed by atoms with Crippen LogP contribution in [0.25, 0.3) is 10.2 Å². The van der Waals surface area contributed by atoms with E-state index in [1.54, 1.807) is 13.8 Å². The molecule has 0 radical (unpaired) electrons. The Morgan fingerprint density at radius 1 is 1.25 bits per heavy atom. The van der Waals surface area contributed by atoms with Gasteiger partial charge in [-0.05, 0) is 59.4 Å². The van der Waals surface area contributed by atoms with Gasteiger partial charge in [0.2, 0.25) is 0 Å². The van der Waals surface area contributed by atoms with Crippen molar-refractivity contribution in [2.75, 3.05) is 6.61 Å². The average Bonchev–Trinajstić information content (AvgIpc) is 3.03. The minimum absolute atomic E-state index is 0.0497. The van der Waals surface area contributed by atoms with Crippen LogP contribution in [0.3, 0.4) is 0 Å². The van der Waals surface area contributed by atoms with Crippen molar-refractivity contribution >= 4 is 27.5 Å². The number of ether oxygens (including phenoxy) is 1. The Labute approximate surface area is 211 Å². The molecular weight excluding hydrogens is 497 g/mol. The van der Waals surface area contributed by atoms with Crippen LogP contribution >= 0.6 is 11.3 Å². The Hall–Kier alpha value is -2.60. The fourth-order valence-electron chi connectivity index (χ4n) is 3.98. The standard InChI is InChI=1S/C24H33F3N4O4S/c1-6-35-13-10-18(32)30(28-23(3,4)5)14-17-15(2)19-20(33)31(16-8-7-9-16)22(34)29(21(19)36-17)12-11-24(25,26)27/h10,13,16,28H,6-9,11-12,14H2,1-5H3. The minimum Gasteiger partial charge on any atom is -0.501 e. The maximum Gasteiger partial charge on any atom is 0.390 e. The number of rotatable bonds is 9. The summed E-state index contributed by atoms with van der Waals surface area (Å²) < 4.78 is 46.5. The highest BCUT2D eigenvalue weighted by Gasteiger charge is 2.31. The number of aromatic nitrogens is 2. The van der Waals surface area contributed by atoms with Gasteiger partial charge in [-0.3, -0.25) is 23.7 Å². The largest absolute Gasteiger partial charge is 0.501 e. The number of fused-ring (bicyclic) bond motifs is 1. The highest BCUT2D eigenvalue weighted by molar-refractivity contribution is 7.18. The average molecular weight is 531 g/mol. The predicted molar refractivity (Wildman–Crippen MR) is 133 cm³/mol. The summed E-state index contributed by atoms with van der Waals surface area (Å²) in [6, 6.07) is -0.307. The van der Waals surface area contributed by atoms with E-state index in [1.807, 2.05) is 20.8 Å². The van der Waals surface area contributed by atoms with Crippen LogP contribution in [0.1, 0.15) is 69.9 Å². The molecule has 0 atom stereocenters. The third-order valence-electron chi connectivity index (χ3n) is 5.91. The van der Waals surface area contributed by atoms with Crippen LogP contribution in [0.4, 0.5) is 13.2 Å². The van der Waals surface area contributed by atoms with Crippen LogP contribution in [0, 0.1) is 6.92 Å². The van der Waals surface area contributed by atoms with Crippen LogP contribution in [-0.2, 0) is 22.6 Å². The van der Waals surface area contributed by atoms with E-state index in [4.69, 9.17) is 4.74 Å². The van der Waals surface area contributed by atoms with Gasteiger partial charge in [-0.2, -0.15) is 13.2 Å². The smallest absolute Gasteiger partial charge is 0.390 e. The number of hydrogen-bond acceptors (Lipinski definition) is 6. The lowest BCUT2D eigenvalue weighted by atomic mass is 9.93. The number of hydrogen-bond donors (Lipinski definition) is 1. The summed E-state index contributed by atoms with van der Waals surface area (Å²) in [7, 11) is 0. The molecule has 3 rings (SSSR count). The molecule has 0 spiro atoms. The zero-order valence-electron chi connectivity index (χ0n) is 21.2. The van der Waals surface area contributed by atoms with Crippen molar-refractivity contribution in [2.45, 2.75) is 91.1 Å².